The molecule has 9 heteroatoms. The van der Waals surface area contributed by atoms with Gasteiger partial charge in [0, 0.05) is 11.8 Å². The first-order chi connectivity index (χ1) is 12.9. The summed E-state index contributed by atoms with van der Waals surface area (Å²) in [5.74, 6) is 0.437. The van der Waals surface area contributed by atoms with Gasteiger partial charge in [-0.3, -0.25) is 4.79 Å². The van der Waals surface area contributed by atoms with Crippen LogP contribution in [0.2, 0.25) is 0 Å². The van der Waals surface area contributed by atoms with Crippen molar-refractivity contribution in [3.8, 4) is 11.5 Å². The van der Waals surface area contributed by atoms with E-state index in [0.29, 0.717) is 30.4 Å². The van der Waals surface area contributed by atoms with Crippen molar-refractivity contribution >= 4 is 21.6 Å². The zero-order valence-electron chi connectivity index (χ0n) is 15.6. The van der Waals surface area contributed by atoms with Gasteiger partial charge in [-0.15, -0.1) is 0 Å². The van der Waals surface area contributed by atoms with Crippen LogP contribution in [0.3, 0.4) is 0 Å². The van der Waals surface area contributed by atoms with Crippen molar-refractivity contribution in [2.24, 2.45) is 0 Å². The number of ether oxygens (including phenoxy) is 2. The lowest BCUT2D eigenvalue weighted by molar-refractivity contribution is 0.0991. The Bertz CT molecular complexity index is 876. The largest absolute Gasteiger partial charge is 0.490 e. The molecule has 0 atom stereocenters. The number of furan rings is 1. The van der Waals surface area contributed by atoms with Crippen LogP contribution in [-0.4, -0.2) is 34.6 Å². The highest BCUT2D eigenvalue weighted by Crippen LogP contribution is 2.31. The highest BCUT2D eigenvalue weighted by molar-refractivity contribution is 7.89. The van der Waals surface area contributed by atoms with Crippen molar-refractivity contribution in [2.75, 3.05) is 25.6 Å². The molecule has 0 aliphatic rings. The van der Waals surface area contributed by atoms with Gasteiger partial charge in [0.25, 0.3) is 15.9 Å². The second kappa shape index (κ2) is 9.43. The lowest BCUT2D eigenvalue weighted by Gasteiger charge is -2.13. The van der Waals surface area contributed by atoms with Crippen LogP contribution in [0.5, 0.6) is 11.5 Å². The highest BCUT2D eigenvalue weighted by atomic mass is 32.2. The van der Waals surface area contributed by atoms with Crippen molar-refractivity contribution in [1.82, 2.24) is 4.72 Å². The summed E-state index contributed by atoms with van der Waals surface area (Å²) in [6, 6.07) is 7.57. The molecule has 0 fully saturated rings. The molecule has 148 valence electrons. The Morgan fingerprint density at radius 3 is 2.33 bits per heavy atom. The molecule has 0 unspecified atom stereocenters. The number of rotatable bonds is 10. The number of carbonyl (C=O) groups excluding carboxylic acids is 1. The first kappa shape index (κ1) is 20.8. The molecule has 0 spiro atoms. The maximum atomic E-state index is 12.3. The number of anilines is 1. The van der Waals surface area contributed by atoms with Crippen LogP contribution in [-0.2, 0) is 10.0 Å². The van der Waals surface area contributed by atoms with Gasteiger partial charge in [0.15, 0.2) is 17.3 Å². The molecular weight excluding hydrogens is 372 g/mol. The Morgan fingerprint density at radius 1 is 1.04 bits per heavy atom. The van der Waals surface area contributed by atoms with E-state index < -0.39 is 15.9 Å². The summed E-state index contributed by atoms with van der Waals surface area (Å²) >= 11 is 0. The van der Waals surface area contributed by atoms with Crippen LogP contribution < -0.4 is 19.5 Å². The monoisotopic (exact) mass is 396 g/mol. The minimum Gasteiger partial charge on any atom is -0.490 e. The first-order valence-electron chi connectivity index (χ1n) is 8.65. The molecule has 0 radical (unpaired) electrons. The number of benzene rings is 1. The van der Waals surface area contributed by atoms with E-state index in [1.165, 1.54) is 19.2 Å². The molecule has 2 aromatic rings. The smallest absolute Gasteiger partial charge is 0.291 e. The summed E-state index contributed by atoms with van der Waals surface area (Å²) in [6.45, 7) is 5.07. The third kappa shape index (κ3) is 5.48. The van der Waals surface area contributed by atoms with E-state index in [1.807, 2.05) is 13.8 Å². The highest BCUT2D eigenvalue weighted by Gasteiger charge is 2.20. The van der Waals surface area contributed by atoms with Gasteiger partial charge in [-0.05, 0) is 44.2 Å². The topological polar surface area (TPSA) is 107 Å². The zero-order valence-corrected chi connectivity index (χ0v) is 16.4. The number of hydrogen-bond donors (Lipinski definition) is 2. The van der Waals surface area contributed by atoms with E-state index in [-0.39, 0.29) is 10.9 Å². The van der Waals surface area contributed by atoms with E-state index in [2.05, 4.69) is 10.0 Å². The lowest BCUT2D eigenvalue weighted by Crippen LogP contribution is -2.18. The summed E-state index contributed by atoms with van der Waals surface area (Å²) in [7, 11) is -2.49. The fourth-order valence-electron chi connectivity index (χ4n) is 2.12. The third-order valence-corrected chi connectivity index (χ3v) is 4.75. The van der Waals surface area contributed by atoms with Crippen molar-refractivity contribution in [2.45, 2.75) is 31.8 Å². The van der Waals surface area contributed by atoms with Gasteiger partial charge in [-0.25, -0.2) is 13.1 Å². The van der Waals surface area contributed by atoms with Crippen LogP contribution in [0.25, 0.3) is 0 Å². The van der Waals surface area contributed by atoms with Gasteiger partial charge in [0.2, 0.25) is 5.09 Å². The van der Waals surface area contributed by atoms with Gasteiger partial charge in [-0.1, -0.05) is 13.8 Å². The van der Waals surface area contributed by atoms with Crippen LogP contribution in [0, 0.1) is 0 Å². The average molecular weight is 396 g/mol. The number of carbonyl (C=O) groups is 1. The summed E-state index contributed by atoms with van der Waals surface area (Å²) in [5, 5.41) is 2.33. The standard InChI is InChI=1S/C18H24N2O6S/c1-4-10-24-14-7-6-13(12-16(14)25-11-5-2)20-18(21)15-8-9-17(26-15)27(22,23)19-3/h6-9,12,19H,4-5,10-11H2,1-3H3,(H,20,21). The maximum Gasteiger partial charge on any atom is 0.291 e. The van der Waals surface area contributed by atoms with Gasteiger partial charge >= 0.3 is 0 Å². The quantitative estimate of drug-likeness (QED) is 0.639. The Hall–Kier alpha value is -2.52. The maximum absolute atomic E-state index is 12.3. The number of hydrogen-bond acceptors (Lipinski definition) is 6. The Morgan fingerprint density at radius 2 is 1.70 bits per heavy atom. The lowest BCUT2D eigenvalue weighted by atomic mass is 10.2. The molecule has 2 N–H and O–H groups in total. The van der Waals surface area contributed by atoms with E-state index in [4.69, 9.17) is 13.9 Å². The molecular formula is C18H24N2O6S. The van der Waals surface area contributed by atoms with Crippen LogP contribution in [0.1, 0.15) is 37.2 Å². The fraction of sp³-hybridized carbons (Fsp3) is 0.389. The molecule has 27 heavy (non-hydrogen) atoms. The SMILES string of the molecule is CCCOc1ccc(NC(=O)c2ccc(S(=O)(=O)NC)o2)cc1OCCC. The minimum absolute atomic E-state index is 0.119. The molecule has 0 saturated heterocycles. The number of amides is 1. The van der Waals surface area contributed by atoms with Crippen LogP contribution in [0.15, 0.2) is 39.8 Å². The molecule has 1 heterocycles. The van der Waals surface area contributed by atoms with Crippen molar-refractivity contribution < 1.29 is 27.1 Å². The van der Waals surface area contributed by atoms with Gasteiger partial charge in [-0.2, -0.15) is 0 Å². The molecule has 8 nitrogen and oxygen atoms in total. The second-order valence-corrected chi connectivity index (χ2v) is 7.46. The Kier molecular flexibility index (Phi) is 7.26. The van der Waals surface area contributed by atoms with Crippen molar-refractivity contribution in [1.29, 1.82) is 0 Å². The normalized spacial score (nSPS) is 11.2. The van der Waals surface area contributed by atoms with Crippen molar-refractivity contribution in [3.63, 3.8) is 0 Å². The Balaban J connectivity index is 2.17. The predicted molar refractivity (Wildman–Crippen MR) is 101 cm³/mol. The molecule has 2 rings (SSSR count). The van der Waals surface area contributed by atoms with E-state index >= 15 is 0 Å². The number of sulfonamides is 1. The molecule has 0 aliphatic heterocycles. The van der Waals surface area contributed by atoms with Gasteiger partial charge in [0.05, 0.1) is 13.2 Å². The number of nitrogens with one attached hydrogen (secondary N) is 2. The van der Waals surface area contributed by atoms with Crippen LogP contribution >= 0.6 is 0 Å². The third-order valence-electron chi connectivity index (χ3n) is 3.46. The molecule has 1 amide bonds. The summed E-state index contributed by atoms with van der Waals surface area (Å²) in [6.07, 6.45) is 1.70. The van der Waals surface area contributed by atoms with Gasteiger partial charge < -0.3 is 19.2 Å². The molecule has 0 saturated carbocycles. The molecule has 1 aromatic heterocycles. The zero-order chi connectivity index (χ0) is 19.9. The average Bonchev–Trinajstić information content (AvgIpc) is 3.17. The van der Waals surface area contributed by atoms with E-state index in [9.17, 15) is 13.2 Å². The fourth-order valence-corrected chi connectivity index (χ4v) is 2.77. The predicted octanol–water partition coefficient (Wildman–Crippen LogP) is 3.02. The Labute approximate surface area is 158 Å². The van der Waals surface area contributed by atoms with Crippen molar-refractivity contribution in [3.05, 3.63) is 36.1 Å². The van der Waals surface area contributed by atoms with E-state index in [1.54, 1.807) is 18.2 Å². The minimum atomic E-state index is -3.75. The van der Waals surface area contributed by atoms with Crippen LogP contribution in [0.4, 0.5) is 5.69 Å². The molecule has 1 aromatic carbocycles. The molecule has 0 bridgehead atoms. The first-order valence-corrected chi connectivity index (χ1v) is 10.1. The molecule has 0 aliphatic carbocycles. The van der Waals surface area contributed by atoms with Gasteiger partial charge in [0.1, 0.15) is 0 Å². The summed E-state index contributed by atoms with van der Waals surface area (Å²) < 4.78 is 42.0. The summed E-state index contributed by atoms with van der Waals surface area (Å²) in [5.41, 5.74) is 0.476. The summed E-state index contributed by atoms with van der Waals surface area (Å²) in [4.78, 5) is 12.3. The second-order valence-electron chi connectivity index (χ2n) is 5.64. The van der Waals surface area contributed by atoms with E-state index in [0.717, 1.165) is 12.8 Å².